The van der Waals surface area contributed by atoms with E-state index < -0.39 is 0 Å². The molecule has 4 rings (SSSR count). The van der Waals surface area contributed by atoms with Crippen LogP contribution in [0.2, 0.25) is 0 Å². The van der Waals surface area contributed by atoms with Gasteiger partial charge in [0.2, 0.25) is 0 Å². The Hall–Kier alpha value is -3.08. The van der Waals surface area contributed by atoms with Gasteiger partial charge in [-0.3, -0.25) is 4.79 Å². The quantitative estimate of drug-likeness (QED) is 0.613. The summed E-state index contributed by atoms with van der Waals surface area (Å²) in [6.07, 6.45) is 8.53. The number of anilines is 1. The van der Waals surface area contributed by atoms with E-state index in [1.54, 1.807) is 30.5 Å². The van der Waals surface area contributed by atoms with Gasteiger partial charge in [-0.25, -0.2) is 14.4 Å². The van der Waals surface area contributed by atoms with E-state index in [4.69, 9.17) is 4.98 Å². The molecule has 29 heavy (non-hydrogen) atoms. The molecule has 0 radical (unpaired) electrons. The van der Waals surface area contributed by atoms with Crippen LogP contribution in [0.5, 0.6) is 0 Å². The van der Waals surface area contributed by atoms with Crippen molar-refractivity contribution in [2.45, 2.75) is 38.5 Å². The fourth-order valence-electron chi connectivity index (χ4n) is 3.87. The zero-order chi connectivity index (χ0) is 20.1. The average molecular weight is 389 g/mol. The third-order valence-electron chi connectivity index (χ3n) is 5.46. The topological polar surface area (TPSA) is 54.9 Å². The van der Waals surface area contributed by atoms with E-state index in [1.165, 1.54) is 44.2 Å². The molecule has 1 heterocycles. The first-order chi connectivity index (χ1) is 14.2. The van der Waals surface area contributed by atoms with Gasteiger partial charge in [0.25, 0.3) is 5.91 Å². The average Bonchev–Trinajstić information content (AvgIpc) is 2.77. The number of nitrogens with zero attached hydrogens (tertiary/aromatic N) is 2. The van der Waals surface area contributed by atoms with Crippen LogP contribution in [0.15, 0.2) is 60.8 Å². The molecule has 0 bridgehead atoms. The lowest BCUT2D eigenvalue weighted by atomic mass is 9.86. The minimum absolute atomic E-state index is 0.195. The highest BCUT2D eigenvalue weighted by atomic mass is 19.1. The van der Waals surface area contributed by atoms with Gasteiger partial charge in [-0.05, 0) is 48.7 Å². The Bertz CT molecular complexity index is 967. The molecule has 0 unspecified atom stereocenters. The van der Waals surface area contributed by atoms with Crippen molar-refractivity contribution in [2.24, 2.45) is 5.92 Å². The SMILES string of the molecule is O=C(Nc1ncc(-c2ccc(F)cc2)nc1CC1CCCCC1)c1ccccc1. The number of hydrogen-bond donors (Lipinski definition) is 1. The van der Waals surface area contributed by atoms with Gasteiger partial charge in [0.05, 0.1) is 17.6 Å². The van der Waals surface area contributed by atoms with E-state index in [0.717, 1.165) is 17.7 Å². The normalized spacial score (nSPS) is 14.5. The van der Waals surface area contributed by atoms with Crippen LogP contribution in [0.1, 0.15) is 48.2 Å². The molecule has 0 aliphatic heterocycles. The van der Waals surface area contributed by atoms with E-state index in [9.17, 15) is 9.18 Å². The standard InChI is InChI=1S/C24H24FN3O/c25-20-13-11-18(12-14-20)22-16-26-23(28-24(29)19-9-5-2-6-10-19)21(27-22)15-17-7-3-1-4-8-17/h2,5-6,9-14,16-17H,1,3-4,7-8,15H2,(H,26,28,29). The third-order valence-corrected chi connectivity index (χ3v) is 5.46. The Kier molecular flexibility index (Phi) is 5.94. The molecule has 1 fully saturated rings. The Morgan fingerprint density at radius 2 is 1.72 bits per heavy atom. The molecule has 1 aromatic heterocycles. The van der Waals surface area contributed by atoms with Crippen LogP contribution >= 0.6 is 0 Å². The number of benzene rings is 2. The molecule has 148 valence electrons. The molecule has 0 atom stereocenters. The smallest absolute Gasteiger partial charge is 0.256 e. The first-order valence-corrected chi connectivity index (χ1v) is 10.2. The predicted octanol–water partition coefficient (Wildman–Crippen LogP) is 5.66. The van der Waals surface area contributed by atoms with Crippen molar-refractivity contribution in [2.75, 3.05) is 5.32 Å². The number of aromatic nitrogens is 2. The highest BCUT2D eigenvalue weighted by Gasteiger charge is 2.19. The van der Waals surface area contributed by atoms with Gasteiger partial charge in [0.1, 0.15) is 5.82 Å². The summed E-state index contributed by atoms with van der Waals surface area (Å²) in [5, 5.41) is 2.93. The number of rotatable bonds is 5. The van der Waals surface area contributed by atoms with Crippen molar-refractivity contribution in [1.82, 2.24) is 9.97 Å². The van der Waals surface area contributed by atoms with Crippen molar-refractivity contribution >= 4 is 11.7 Å². The number of amides is 1. The molecule has 5 heteroatoms. The van der Waals surface area contributed by atoms with Crippen LogP contribution in [-0.2, 0) is 6.42 Å². The number of halogens is 1. The fourth-order valence-corrected chi connectivity index (χ4v) is 3.87. The van der Waals surface area contributed by atoms with Crippen LogP contribution in [0.3, 0.4) is 0 Å². The summed E-state index contributed by atoms with van der Waals surface area (Å²) in [6, 6.07) is 15.3. The monoisotopic (exact) mass is 389 g/mol. The lowest BCUT2D eigenvalue weighted by Gasteiger charge is -2.22. The van der Waals surface area contributed by atoms with Crippen molar-refractivity contribution in [3.63, 3.8) is 0 Å². The van der Waals surface area contributed by atoms with Gasteiger partial charge in [0, 0.05) is 11.1 Å². The first-order valence-electron chi connectivity index (χ1n) is 10.2. The first kappa shape index (κ1) is 19.2. The highest BCUT2D eigenvalue weighted by molar-refractivity contribution is 6.04. The summed E-state index contributed by atoms with van der Waals surface area (Å²) in [5.41, 5.74) is 2.88. The van der Waals surface area contributed by atoms with Gasteiger partial charge in [0.15, 0.2) is 5.82 Å². The van der Waals surface area contributed by atoms with Crippen LogP contribution in [0, 0.1) is 11.7 Å². The van der Waals surface area contributed by atoms with Gasteiger partial charge >= 0.3 is 0 Å². The molecule has 1 saturated carbocycles. The Labute approximate surface area is 170 Å². The van der Waals surface area contributed by atoms with Gasteiger partial charge in [-0.15, -0.1) is 0 Å². The van der Waals surface area contributed by atoms with Crippen LogP contribution < -0.4 is 5.32 Å². The van der Waals surface area contributed by atoms with Gasteiger partial charge in [-0.2, -0.15) is 0 Å². The largest absolute Gasteiger partial charge is 0.305 e. The summed E-state index contributed by atoms with van der Waals surface area (Å²) in [7, 11) is 0. The Morgan fingerprint density at radius 1 is 1.00 bits per heavy atom. The Balaban J connectivity index is 1.63. The summed E-state index contributed by atoms with van der Waals surface area (Å²) in [5.74, 6) is 0.583. The zero-order valence-electron chi connectivity index (χ0n) is 16.3. The molecular formula is C24H24FN3O. The number of carbonyl (C=O) groups excluding carboxylic acids is 1. The van der Waals surface area contributed by atoms with Gasteiger partial charge < -0.3 is 5.32 Å². The minimum Gasteiger partial charge on any atom is -0.305 e. The van der Waals surface area contributed by atoms with Crippen molar-refractivity contribution in [3.8, 4) is 11.3 Å². The second-order valence-electron chi connectivity index (χ2n) is 7.59. The molecule has 4 nitrogen and oxygen atoms in total. The molecule has 1 aliphatic carbocycles. The lowest BCUT2D eigenvalue weighted by Crippen LogP contribution is -2.18. The molecule has 2 aromatic carbocycles. The Morgan fingerprint density at radius 3 is 2.45 bits per heavy atom. The molecule has 1 N–H and O–H groups in total. The second kappa shape index (κ2) is 8.95. The molecular weight excluding hydrogens is 365 g/mol. The highest BCUT2D eigenvalue weighted by Crippen LogP contribution is 2.29. The molecule has 1 aliphatic rings. The van der Waals surface area contributed by atoms with E-state index in [-0.39, 0.29) is 11.7 Å². The maximum absolute atomic E-state index is 13.3. The number of nitrogens with one attached hydrogen (secondary N) is 1. The lowest BCUT2D eigenvalue weighted by molar-refractivity contribution is 0.102. The number of hydrogen-bond acceptors (Lipinski definition) is 3. The van der Waals surface area contributed by atoms with Gasteiger partial charge in [-0.1, -0.05) is 50.3 Å². The summed E-state index contributed by atoms with van der Waals surface area (Å²) < 4.78 is 13.3. The van der Waals surface area contributed by atoms with Crippen LogP contribution in [0.4, 0.5) is 10.2 Å². The fraction of sp³-hybridized carbons (Fsp3) is 0.292. The molecule has 3 aromatic rings. The predicted molar refractivity (Wildman–Crippen MR) is 112 cm³/mol. The summed E-state index contributed by atoms with van der Waals surface area (Å²) in [4.78, 5) is 22.0. The van der Waals surface area contributed by atoms with Crippen molar-refractivity contribution in [1.29, 1.82) is 0 Å². The van der Waals surface area contributed by atoms with Crippen molar-refractivity contribution in [3.05, 3.63) is 77.9 Å². The maximum Gasteiger partial charge on any atom is 0.256 e. The van der Waals surface area contributed by atoms with E-state index in [2.05, 4.69) is 10.3 Å². The summed E-state index contributed by atoms with van der Waals surface area (Å²) in [6.45, 7) is 0. The zero-order valence-corrected chi connectivity index (χ0v) is 16.3. The second-order valence-corrected chi connectivity index (χ2v) is 7.59. The maximum atomic E-state index is 13.3. The van der Waals surface area contributed by atoms with E-state index >= 15 is 0 Å². The minimum atomic E-state index is -0.282. The third kappa shape index (κ3) is 4.86. The number of carbonyl (C=O) groups is 1. The van der Waals surface area contributed by atoms with Crippen LogP contribution in [0.25, 0.3) is 11.3 Å². The van der Waals surface area contributed by atoms with E-state index in [1.807, 2.05) is 18.2 Å². The van der Waals surface area contributed by atoms with Crippen molar-refractivity contribution < 1.29 is 9.18 Å². The molecule has 0 spiro atoms. The molecule has 0 saturated heterocycles. The summed E-state index contributed by atoms with van der Waals surface area (Å²) >= 11 is 0. The van der Waals surface area contributed by atoms with E-state index in [0.29, 0.717) is 23.0 Å². The molecule has 1 amide bonds. The van der Waals surface area contributed by atoms with Crippen LogP contribution in [-0.4, -0.2) is 15.9 Å².